The molecule has 2 rings (SSSR count). The summed E-state index contributed by atoms with van der Waals surface area (Å²) in [6.45, 7) is 4.95. The van der Waals surface area contributed by atoms with Gasteiger partial charge in [-0.1, -0.05) is 0 Å². The van der Waals surface area contributed by atoms with Gasteiger partial charge in [-0.25, -0.2) is 0 Å². The molecule has 0 bridgehead atoms. The van der Waals surface area contributed by atoms with Gasteiger partial charge in [0.05, 0.1) is 11.6 Å². The van der Waals surface area contributed by atoms with Gasteiger partial charge in [0.15, 0.2) is 0 Å². The average Bonchev–Trinajstić information content (AvgIpc) is 2.88. The molecule has 0 aromatic carbocycles. The van der Waals surface area contributed by atoms with Crippen molar-refractivity contribution >= 4 is 17.2 Å². The summed E-state index contributed by atoms with van der Waals surface area (Å²) >= 11 is 1.66. The summed E-state index contributed by atoms with van der Waals surface area (Å²) in [5.74, 6) is 0.115. The van der Waals surface area contributed by atoms with Gasteiger partial charge in [0.2, 0.25) is 5.91 Å². The molecule has 0 radical (unpaired) electrons. The number of carbonyl (C=O) groups is 1. The predicted octanol–water partition coefficient (Wildman–Crippen LogP) is 2.07. The van der Waals surface area contributed by atoms with Crippen LogP contribution < -0.4 is 10.6 Å². The number of carbonyl (C=O) groups excluding carboxylic acids is 1. The molecule has 0 saturated carbocycles. The van der Waals surface area contributed by atoms with E-state index in [0.717, 1.165) is 19.4 Å². The van der Waals surface area contributed by atoms with Crippen LogP contribution in [-0.4, -0.2) is 18.0 Å². The van der Waals surface area contributed by atoms with Crippen LogP contribution in [0, 0.1) is 0 Å². The molecule has 3 nitrogen and oxygen atoms in total. The molecule has 1 saturated heterocycles. The second-order valence-electron chi connectivity index (χ2n) is 4.61. The lowest BCUT2D eigenvalue weighted by Gasteiger charge is -2.25. The van der Waals surface area contributed by atoms with E-state index in [4.69, 9.17) is 0 Å². The standard InChI is InChI=1S/C12H18N2OS/c1-9(10-4-7-16-8-10)14-11(15)12(2)5-3-6-13-12/h4,7-9,13H,3,5-6H2,1-2H3,(H,14,15). The minimum Gasteiger partial charge on any atom is -0.348 e. The third-order valence-corrected chi connectivity index (χ3v) is 3.96. The summed E-state index contributed by atoms with van der Waals surface area (Å²) in [7, 11) is 0. The summed E-state index contributed by atoms with van der Waals surface area (Å²) < 4.78 is 0. The Bertz CT molecular complexity index is 355. The summed E-state index contributed by atoms with van der Waals surface area (Å²) in [6, 6.07) is 2.15. The Morgan fingerprint density at radius 2 is 2.50 bits per heavy atom. The van der Waals surface area contributed by atoms with Crippen molar-refractivity contribution in [3.8, 4) is 0 Å². The second kappa shape index (κ2) is 4.55. The van der Waals surface area contributed by atoms with Crippen LogP contribution in [0.3, 0.4) is 0 Å². The third kappa shape index (κ3) is 2.28. The van der Waals surface area contributed by atoms with Crippen LogP contribution in [0.5, 0.6) is 0 Å². The Kier molecular flexibility index (Phi) is 3.30. The zero-order valence-corrected chi connectivity index (χ0v) is 10.6. The van der Waals surface area contributed by atoms with E-state index >= 15 is 0 Å². The molecule has 1 aliphatic rings. The first-order valence-electron chi connectivity index (χ1n) is 5.70. The van der Waals surface area contributed by atoms with E-state index in [1.807, 2.05) is 19.2 Å². The van der Waals surface area contributed by atoms with Crippen molar-refractivity contribution in [2.24, 2.45) is 0 Å². The molecule has 1 fully saturated rings. The first kappa shape index (κ1) is 11.6. The summed E-state index contributed by atoms with van der Waals surface area (Å²) in [4.78, 5) is 12.1. The molecular weight excluding hydrogens is 220 g/mol. The highest BCUT2D eigenvalue weighted by Gasteiger charge is 2.36. The monoisotopic (exact) mass is 238 g/mol. The lowest BCUT2D eigenvalue weighted by atomic mass is 9.98. The fraction of sp³-hybridized carbons (Fsp3) is 0.583. The number of hydrogen-bond acceptors (Lipinski definition) is 3. The highest BCUT2D eigenvalue weighted by molar-refractivity contribution is 7.07. The van der Waals surface area contributed by atoms with Gasteiger partial charge >= 0.3 is 0 Å². The molecule has 1 aromatic heterocycles. The number of thiophene rings is 1. The van der Waals surface area contributed by atoms with Crippen LogP contribution >= 0.6 is 11.3 Å². The molecule has 1 aliphatic heterocycles. The predicted molar refractivity (Wildman–Crippen MR) is 66.5 cm³/mol. The first-order chi connectivity index (χ1) is 7.62. The highest BCUT2D eigenvalue weighted by Crippen LogP contribution is 2.21. The molecule has 1 aromatic rings. The molecule has 88 valence electrons. The highest BCUT2D eigenvalue weighted by atomic mass is 32.1. The van der Waals surface area contributed by atoms with E-state index in [1.54, 1.807) is 11.3 Å². The molecule has 2 heterocycles. The zero-order valence-electron chi connectivity index (χ0n) is 9.75. The van der Waals surface area contributed by atoms with Crippen LogP contribution in [0.4, 0.5) is 0 Å². The van der Waals surface area contributed by atoms with Crippen molar-refractivity contribution in [3.05, 3.63) is 22.4 Å². The summed E-state index contributed by atoms with van der Waals surface area (Å²) in [6.07, 6.45) is 2.01. The Balaban J connectivity index is 1.97. The number of nitrogens with one attached hydrogen (secondary N) is 2. The van der Waals surface area contributed by atoms with Crippen molar-refractivity contribution in [1.29, 1.82) is 0 Å². The van der Waals surface area contributed by atoms with Gasteiger partial charge in [-0.2, -0.15) is 11.3 Å². The average molecular weight is 238 g/mol. The number of amides is 1. The van der Waals surface area contributed by atoms with E-state index in [9.17, 15) is 4.79 Å². The Morgan fingerprint density at radius 3 is 3.06 bits per heavy atom. The Hall–Kier alpha value is -0.870. The van der Waals surface area contributed by atoms with Gasteiger partial charge in [0, 0.05) is 0 Å². The molecule has 4 heteroatoms. The van der Waals surface area contributed by atoms with Crippen molar-refractivity contribution in [2.75, 3.05) is 6.54 Å². The van der Waals surface area contributed by atoms with Crippen molar-refractivity contribution in [2.45, 2.75) is 38.3 Å². The third-order valence-electron chi connectivity index (χ3n) is 3.26. The van der Waals surface area contributed by atoms with Crippen molar-refractivity contribution < 1.29 is 4.79 Å². The molecule has 2 atom stereocenters. The minimum atomic E-state index is -0.371. The molecule has 2 N–H and O–H groups in total. The van der Waals surface area contributed by atoms with E-state index in [0.29, 0.717) is 0 Å². The van der Waals surface area contributed by atoms with Gasteiger partial charge in [0.1, 0.15) is 0 Å². The van der Waals surface area contributed by atoms with E-state index < -0.39 is 0 Å². The lowest BCUT2D eigenvalue weighted by molar-refractivity contribution is -0.127. The van der Waals surface area contributed by atoms with Crippen LogP contribution in [-0.2, 0) is 4.79 Å². The molecular formula is C12H18N2OS. The normalized spacial score (nSPS) is 26.6. The van der Waals surface area contributed by atoms with Crippen molar-refractivity contribution in [1.82, 2.24) is 10.6 Å². The lowest BCUT2D eigenvalue weighted by Crippen LogP contribution is -2.51. The van der Waals surface area contributed by atoms with Crippen LogP contribution in [0.15, 0.2) is 16.8 Å². The van der Waals surface area contributed by atoms with Gasteiger partial charge in [0.25, 0.3) is 0 Å². The van der Waals surface area contributed by atoms with Gasteiger partial charge in [-0.3, -0.25) is 4.79 Å². The quantitative estimate of drug-likeness (QED) is 0.846. The number of rotatable bonds is 3. The summed E-state index contributed by atoms with van der Waals surface area (Å²) in [5, 5.41) is 10.5. The molecule has 16 heavy (non-hydrogen) atoms. The second-order valence-corrected chi connectivity index (χ2v) is 5.39. The SMILES string of the molecule is CC(NC(=O)C1(C)CCCN1)c1ccsc1. The van der Waals surface area contributed by atoms with Gasteiger partial charge in [-0.05, 0) is 55.6 Å². The maximum absolute atomic E-state index is 12.1. The van der Waals surface area contributed by atoms with Gasteiger partial charge in [-0.15, -0.1) is 0 Å². The fourth-order valence-electron chi connectivity index (χ4n) is 2.05. The topological polar surface area (TPSA) is 41.1 Å². The first-order valence-corrected chi connectivity index (χ1v) is 6.64. The smallest absolute Gasteiger partial charge is 0.240 e. The van der Waals surface area contributed by atoms with Crippen molar-refractivity contribution in [3.63, 3.8) is 0 Å². The maximum Gasteiger partial charge on any atom is 0.240 e. The largest absolute Gasteiger partial charge is 0.348 e. The van der Waals surface area contributed by atoms with Crippen LogP contribution in [0.1, 0.15) is 38.3 Å². The van der Waals surface area contributed by atoms with Crippen LogP contribution in [0.2, 0.25) is 0 Å². The van der Waals surface area contributed by atoms with Crippen LogP contribution in [0.25, 0.3) is 0 Å². The maximum atomic E-state index is 12.1. The van der Waals surface area contributed by atoms with Gasteiger partial charge < -0.3 is 10.6 Å². The Labute approximate surface area is 100 Å². The molecule has 0 aliphatic carbocycles. The molecule has 1 amide bonds. The molecule has 0 spiro atoms. The Morgan fingerprint density at radius 1 is 1.69 bits per heavy atom. The summed E-state index contributed by atoms with van der Waals surface area (Å²) in [5.41, 5.74) is 0.810. The van der Waals surface area contributed by atoms with E-state index in [2.05, 4.69) is 22.1 Å². The van der Waals surface area contributed by atoms with E-state index in [-0.39, 0.29) is 17.5 Å². The minimum absolute atomic E-state index is 0.0953. The van der Waals surface area contributed by atoms with E-state index in [1.165, 1.54) is 5.56 Å². The molecule has 2 unspecified atom stereocenters. The zero-order chi connectivity index (χ0) is 11.6. The number of hydrogen-bond donors (Lipinski definition) is 2. The fourth-order valence-corrected chi connectivity index (χ4v) is 2.80.